The molecule has 0 bridgehead atoms. The monoisotopic (exact) mass is 396 g/mol. The molecule has 1 aliphatic rings. The third-order valence-corrected chi connectivity index (χ3v) is 5.66. The zero-order valence-electron chi connectivity index (χ0n) is 17.3. The molecule has 5 heteroatoms. The second kappa shape index (κ2) is 9.21. The van der Waals surface area contributed by atoms with Gasteiger partial charge in [0.25, 0.3) is 5.91 Å². The third-order valence-electron chi connectivity index (χ3n) is 5.66. The van der Waals surface area contributed by atoms with Crippen LogP contribution in [0, 0.1) is 24.6 Å². The number of amides is 2. The van der Waals surface area contributed by atoms with Gasteiger partial charge in [0.2, 0.25) is 5.91 Å². The van der Waals surface area contributed by atoms with Crippen LogP contribution in [0.2, 0.25) is 0 Å². The standard InChI is InChI=1S/C24H29FN2O2/c1-16(2)12-13-26-23(28)21-15-27(24(29)19-10-6-7-11-22(19)25)14-20(21)18-9-5-4-8-17(18)3/h4-11,16,20-21H,12-15H2,1-3H3,(H,26,28)/t20-,21-/m1/s1. The molecule has 0 aromatic heterocycles. The largest absolute Gasteiger partial charge is 0.356 e. The lowest BCUT2D eigenvalue weighted by Crippen LogP contribution is -2.36. The van der Waals surface area contributed by atoms with Gasteiger partial charge in [0.05, 0.1) is 11.5 Å². The lowest BCUT2D eigenvalue weighted by molar-refractivity contribution is -0.124. The summed E-state index contributed by atoms with van der Waals surface area (Å²) in [5, 5.41) is 3.03. The van der Waals surface area contributed by atoms with Crippen molar-refractivity contribution in [3.63, 3.8) is 0 Å². The van der Waals surface area contributed by atoms with E-state index in [-0.39, 0.29) is 29.2 Å². The maximum atomic E-state index is 14.1. The first kappa shape index (κ1) is 21.0. The SMILES string of the molecule is Cc1ccccc1[C@H]1CN(C(=O)c2ccccc2F)C[C@H]1C(=O)NCCC(C)C. The molecule has 1 aliphatic heterocycles. The lowest BCUT2D eigenvalue weighted by Gasteiger charge is -2.20. The topological polar surface area (TPSA) is 49.4 Å². The van der Waals surface area contributed by atoms with Gasteiger partial charge in [-0.3, -0.25) is 9.59 Å². The minimum absolute atomic E-state index is 0.0391. The predicted octanol–water partition coefficient (Wildman–Crippen LogP) is 4.15. The summed E-state index contributed by atoms with van der Waals surface area (Å²) in [4.78, 5) is 27.5. The Morgan fingerprint density at radius 3 is 2.48 bits per heavy atom. The molecule has 154 valence electrons. The van der Waals surface area contributed by atoms with Crippen molar-refractivity contribution in [1.82, 2.24) is 10.2 Å². The molecule has 0 unspecified atom stereocenters. The number of carbonyl (C=O) groups is 2. The lowest BCUT2D eigenvalue weighted by atomic mass is 9.86. The fraction of sp³-hybridized carbons (Fsp3) is 0.417. The summed E-state index contributed by atoms with van der Waals surface area (Å²) >= 11 is 0. The minimum atomic E-state index is -0.533. The number of hydrogen-bond acceptors (Lipinski definition) is 2. The number of benzene rings is 2. The van der Waals surface area contributed by atoms with Crippen LogP contribution in [-0.2, 0) is 4.79 Å². The summed E-state index contributed by atoms with van der Waals surface area (Å²) in [5.74, 6) is -0.883. The Labute approximate surface area is 172 Å². The van der Waals surface area contributed by atoms with E-state index in [9.17, 15) is 14.0 Å². The second-order valence-corrected chi connectivity index (χ2v) is 8.23. The summed E-state index contributed by atoms with van der Waals surface area (Å²) in [6.07, 6.45) is 0.908. The fourth-order valence-corrected chi connectivity index (χ4v) is 3.97. The molecule has 0 radical (unpaired) electrons. The van der Waals surface area contributed by atoms with Crippen LogP contribution in [-0.4, -0.2) is 36.3 Å². The van der Waals surface area contributed by atoms with Gasteiger partial charge in [-0.2, -0.15) is 0 Å². The molecule has 1 saturated heterocycles. The van der Waals surface area contributed by atoms with Crippen LogP contribution < -0.4 is 5.32 Å². The Balaban J connectivity index is 1.84. The average molecular weight is 397 g/mol. The van der Waals surface area contributed by atoms with Crippen LogP contribution in [0.1, 0.15) is 47.7 Å². The number of aryl methyl sites for hydroxylation is 1. The summed E-state index contributed by atoms with van der Waals surface area (Å²) in [7, 11) is 0. The highest BCUT2D eigenvalue weighted by Gasteiger charge is 2.41. The van der Waals surface area contributed by atoms with Gasteiger partial charge >= 0.3 is 0 Å². The van der Waals surface area contributed by atoms with Crippen LogP contribution in [0.4, 0.5) is 4.39 Å². The highest BCUT2D eigenvalue weighted by Crippen LogP contribution is 2.35. The van der Waals surface area contributed by atoms with Crippen molar-refractivity contribution in [2.45, 2.75) is 33.1 Å². The Morgan fingerprint density at radius 2 is 1.79 bits per heavy atom. The number of rotatable bonds is 6. The van der Waals surface area contributed by atoms with Gasteiger partial charge in [-0.15, -0.1) is 0 Å². The number of nitrogens with zero attached hydrogens (tertiary/aromatic N) is 1. The van der Waals surface area contributed by atoms with Gasteiger partial charge < -0.3 is 10.2 Å². The Morgan fingerprint density at radius 1 is 1.10 bits per heavy atom. The molecule has 0 spiro atoms. The molecule has 2 aromatic rings. The van der Waals surface area contributed by atoms with E-state index >= 15 is 0 Å². The zero-order valence-corrected chi connectivity index (χ0v) is 17.3. The van der Waals surface area contributed by atoms with E-state index in [1.807, 2.05) is 31.2 Å². The molecule has 3 rings (SSSR count). The molecule has 2 atom stereocenters. The van der Waals surface area contributed by atoms with Gasteiger partial charge in [0.15, 0.2) is 0 Å². The van der Waals surface area contributed by atoms with Crippen LogP contribution >= 0.6 is 0 Å². The van der Waals surface area contributed by atoms with Crippen molar-refractivity contribution < 1.29 is 14.0 Å². The molecule has 1 N–H and O–H groups in total. The molecule has 1 fully saturated rings. The summed E-state index contributed by atoms with van der Waals surface area (Å²) < 4.78 is 14.1. The number of nitrogens with one attached hydrogen (secondary N) is 1. The van der Waals surface area contributed by atoms with Gasteiger partial charge in [0, 0.05) is 25.6 Å². The normalized spacial score (nSPS) is 18.9. The molecular weight excluding hydrogens is 367 g/mol. The molecule has 1 heterocycles. The molecular formula is C24H29FN2O2. The number of carbonyl (C=O) groups excluding carboxylic acids is 2. The van der Waals surface area contributed by atoms with E-state index in [0.717, 1.165) is 17.5 Å². The number of hydrogen-bond donors (Lipinski definition) is 1. The number of likely N-dealkylation sites (tertiary alicyclic amines) is 1. The van der Waals surface area contributed by atoms with Crippen LogP contribution in [0.15, 0.2) is 48.5 Å². The van der Waals surface area contributed by atoms with Crippen LogP contribution in [0.25, 0.3) is 0 Å². The second-order valence-electron chi connectivity index (χ2n) is 8.23. The van der Waals surface area contributed by atoms with Crippen LogP contribution in [0.3, 0.4) is 0 Å². The molecule has 2 aromatic carbocycles. The first-order chi connectivity index (χ1) is 13.9. The Kier molecular flexibility index (Phi) is 6.68. The van der Waals surface area contributed by atoms with Gasteiger partial charge in [-0.1, -0.05) is 50.2 Å². The van der Waals surface area contributed by atoms with E-state index in [4.69, 9.17) is 0 Å². The van der Waals surface area contributed by atoms with Gasteiger partial charge in [0.1, 0.15) is 5.82 Å². The van der Waals surface area contributed by atoms with Crippen molar-refractivity contribution in [2.24, 2.45) is 11.8 Å². The van der Waals surface area contributed by atoms with E-state index in [0.29, 0.717) is 25.6 Å². The highest BCUT2D eigenvalue weighted by atomic mass is 19.1. The van der Waals surface area contributed by atoms with E-state index in [2.05, 4.69) is 19.2 Å². The highest BCUT2D eigenvalue weighted by molar-refractivity contribution is 5.95. The minimum Gasteiger partial charge on any atom is -0.356 e. The third kappa shape index (κ3) is 4.84. The zero-order chi connectivity index (χ0) is 21.0. The smallest absolute Gasteiger partial charge is 0.256 e. The molecule has 0 aliphatic carbocycles. The van der Waals surface area contributed by atoms with Gasteiger partial charge in [-0.05, 0) is 42.5 Å². The molecule has 2 amide bonds. The maximum absolute atomic E-state index is 14.1. The van der Waals surface area contributed by atoms with Crippen molar-refractivity contribution in [3.05, 3.63) is 71.0 Å². The van der Waals surface area contributed by atoms with Crippen LogP contribution in [0.5, 0.6) is 0 Å². The quantitative estimate of drug-likeness (QED) is 0.797. The molecule has 4 nitrogen and oxygen atoms in total. The van der Waals surface area contributed by atoms with Crippen molar-refractivity contribution in [2.75, 3.05) is 19.6 Å². The van der Waals surface area contributed by atoms with E-state index < -0.39 is 5.82 Å². The first-order valence-electron chi connectivity index (χ1n) is 10.3. The van der Waals surface area contributed by atoms with Crippen molar-refractivity contribution in [1.29, 1.82) is 0 Å². The summed E-state index contributed by atoms with van der Waals surface area (Å²) in [5.41, 5.74) is 2.22. The number of halogens is 1. The van der Waals surface area contributed by atoms with Gasteiger partial charge in [-0.25, -0.2) is 4.39 Å². The summed E-state index contributed by atoms with van der Waals surface area (Å²) in [6, 6.07) is 14.0. The summed E-state index contributed by atoms with van der Waals surface area (Å²) in [6.45, 7) is 7.57. The Bertz CT molecular complexity index is 881. The predicted molar refractivity (Wildman–Crippen MR) is 112 cm³/mol. The first-order valence-corrected chi connectivity index (χ1v) is 10.3. The molecule has 29 heavy (non-hydrogen) atoms. The van der Waals surface area contributed by atoms with Crippen molar-refractivity contribution in [3.8, 4) is 0 Å². The average Bonchev–Trinajstić information content (AvgIpc) is 3.13. The van der Waals surface area contributed by atoms with E-state index in [1.165, 1.54) is 12.1 Å². The van der Waals surface area contributed by atoms with E-state index in [1.54, 1.807) is 17.0 Å². The Hall–Kier alpha value is -2.69. The van der Waals surface area contributed by atoms with Crippen molar-refractivity contribution >= 4 is 11.8 Å². The fourth-order valence-electron chi connectivity index (χ4n) is 3.97. The maximum Gasteiger partial charge on any atom is 0.256 e. The molecule has 0 saturated carbocycles.